The number of carbonyl (C=O) groups excluding carboxylic acids is 1. The van der Waals surface area contributed by atoms with E-state index in [1.807, 2.05) is 19.1 Å². The fraction of sp³-hybridized carbons (Fsp3) is 0.519. The van der Waals surface area contributed by atoms with E-state index in [0.717, 1.165) is 70.6 Å². The van der Waals surface area contributed by atoms with Crippen LogP contribution in [0.5, 0.6) is 5.75 Å². The maximum Gasteiger partial charge on any atom is 0.226 e. The van der Waals surface area contributed by atoms with Gasteiger partial charge in [0, 0.05) is 26.2 Å². The summed E-state index contributed by atoms with van der Waals surface area (Å²) in [6.45, 7) is 7.42. The number of carbonyl (C=O) groups is 1. The monoisotopic (exact) mass is 420 g/mol. The van der Waals surface area contributed by atoms with Gasteiger partial charge in [0.05, 0.1) is 12.5 Å². The first-order valence-electron chi connectivity index (χ1n) is 12.0. The van der Waals surface area contributed by atoms with Crippen LogP contribution < -0.4 is 4.74 Å². The van der Waals surface area contributed by atoms with E-state index in [2.05, 4.69) is 52.3 Å². The molecule has 0 aliphatic carbocycles. The van der Waals surface area contributed by atoms with Crippen molar-refractivity contribution in [3.05, 3.63) is 65.7 Å². The molecule has 4 rings (SSSR count). The molecule has 166 valence electrons. The largest absolute Gasteiger partial charge is 0.494 e. The minimum atomic E-state index is 0.155. The predicted octanol–water partition coefficient (Wildman–Crippen LogP) is 4.78. The first-order valence-corrected chi connectivity index (χ1v) is 12.0. The first-order chi connectivity index (χ1) is 15.2. The molecular weight excluding hydrogens is 384 g/mol. The molecule has 2 saturated heterocycles. The van der Waals surface area contributed by atoms with Crippen molar-refractivity contribution in [2.75, 3.05) is 32.8 Å². The molecule has 1 unspecified atom stereocenters. The lowest BCUT2D eigenvalue weighted by molar-refractivity contribution is -0.138. The highest BCUT2D eigenvalue weighted by Crippen LogP contribution is 2.26. The van der Waals surface area contributed by atoms with Gasteiger partial charge in [-0.1, -0.05) is 42.5 Å². The highest BCUT2D eigenvalue weighted by molar-refractivity contribution is 5.79. The van der Waals surface area contributed by atoms with Gasteiger partial charge in [-0.15, -0.1) is 0 Å². The number of amides is 1. The Kier molecular flexibility index (Phi) is 7.63. The second-order valence-corrected chi connectivity index (χ2v) is 9.11. The molecule has 2 aliphatic rings. The van der Waals surface area contributed by atoms with Crippen molar-refractivity contribution >= 4 is 5.91 Å². The zero-order chi connectivity index (χ0) is 21.5. The third kappa shape index (κ3) is 6.10. The van der Waals surface area contributed by atoms with Crippen LogP contribution in [0.3, 0.4) is 0 Å². The summed E-state index contributed by atoms with van der Waals surface area (Å²) in [6.07, 6.45) is 5.54. The van der Waals surface area contributed by atoms with Gasteiger partial charge >= 0.3 is 0 Å². The quantitative estimate of drug-likeness (QED) is 0.646. The van der Waals surface area contributed by atoms with Crippen molar-refractivity contribution in [2.45, 2.75) is 45.6 Å². The van der Waals surface area contributed by atoms with Gasteiger partial charge in [-0.05, 0) is 74.8 Å². The van der Waals surface area contributed by atoms with Crippen LogP contribution in [0.15, 0.2) is 54.6 Å². The highest BCUT2D eigenvalue weighted by atomic mass is 16.5. The van der Waals surface area contributed by atoms with Crippen LogP contribution in [-0.2, 0) is 17.8 Å². The fourth-order valence-electron chi connectivity index (χ4n) is 5.08. The lowest BCUT2D eigenvalue weighted by Gasteiger charge is -2.38. The van der Waals surface area contributed by atoms with Crippen LogP contribution in [0.25, 0.3) is 0 Å². The third-order valence-corrected chi connectivity index (χ3v) is 6.79. The van der Waals surface area contributed by atoms with Gasteiger partial charge in [-0.2, -0.15) is 0 Å². The average Bonchev–Trinajstić information content (AvgIpc) is 2.81. The van der Waals surface area contributed by atoms with E-state index in [4.69, 9.17) is 4.74 Å². The molecule has 2 aromatic carbocycles. The summed E-state index contributed by atoms with van der Waals surface area (Å²) in [7, 11) is 0. The lowest BCUT2D eigenvalue weighted by atomic mass is 9.89. The summed E-state index contributed by atoms with van der Waals surface area (Å²) in [6, 6.07) is 19.1. The minimum absolute atomic E-state index is 0.155. The SMILES string of the molecule is CCOc1ccc(CN2CCCC(C(=O)N3CCC(Cc4ccccc4)CC3)C2)cc1. The number of rotatable bonds is 7. The summed E-state index contributed by atoms with van der Waals surface area (Å²) in [5.74, 6) is 2.17. The van der Waals surface area contributed by atoms with Crippen LogP contribution in [-0.4, -0.2) is 48.5 Å². The average molecular weight is 421 g/mol. The van der Waals surface area contributed by atoms with Crippen molar-refractivity contribution in [2.24, 2.45) is 11.8 Å². The molecule has 0 bridgehead atoms. The third-order valence-electron chi connectivity index (χ3n) is 6.79. The molecule has 0 spiro atoms. The fourth-order valence-corrected chi connectivity index (χ4v) is 5.08. The Balaban J connectivity index is 1.25. The Labute approximate surface area is 187 Å². The molecule has 2 fully saturated rings. The van der Waals surface area contributed by atoms with E-state index in [1.165, 1.54) is 11.1 Å². The Bertz CT molecular complexity index is 813. The zero-order valence-corrected chi connectivity index (χ0v) is 18.8. The van der Waals surface area contributed by atoms with Crippen LogP contribution in [0.2, 0.25) is 0 Å². The van der Waals surface area contributed by atoms with Crippen LogP contribution in [0.4, 0.5) is 0 Å². The molecule has 2 heterocycles. The van der Waals surface area contributed by atoms with Gasteiger partial charge < -0.3 is 9.64 Å². The smallest absolute Gasteiger partial charge is 0.226 e. The van der Waals surface area contributed by atoms with E-state index < -0.39 is 0 Å². The van der Waals surface area contributed by atoms with E-state index in [9.17, 15) is 4.79 Å². The Morgan fingerprint density at radius 1 is 0.935 bits per heavy atom. The van der Waals surface area contributed by atoms with Crippen LogP contribution >= 0.6 is 0 Å². The molecule has 31 heavy (non-hydrogen) atoms. The van der Waals surface area contributed by atoms with Crippen molar-refractivity contribution in [3.8, 4) is 5.75 Å². The van der Waals surface area contributed by atoms with E-state index >= 15 is 0 Å². The first kappa shape index (κ1) is 21.9. The second kappa shape index (κ2) is 10.8. The summed E-state index contributed by atoms with van der Waals surface area (Å²) < 4.78 is 5.54. The molecule has 2 aromatic rings. The van der Waals surface area contributed by atoms with E-state index in [1.54, 1.807) is 0 Å². The topological polar surface area (TPSA) is 32.8 Å². The molecule has 0 radical (unpaired) electrons. The maximum atomic E-state index is 13.2. The molecule has 1 amide bonds. The Morgan fingerprint density at radius 3 is 2.39 bits per heavy atom. The Hall–Kier alpha value is -2.33. The highest BCUT2D eigenvalue weighted by Gasteiger charge is 2.31. The van der Waals surface area contributed by atoms with Crippen molar-refractivity contribution in [1.29, 1.82) is 0 Å². The Morgan fingerprint density at radius 2 is 1.68 bits per heavy atom. The van der Waals surface area contributed by atoms with Gasteiger partial charge in [0.2, 0.25) is 5.91 Å². The normalized spacial score (nSPS) is 20.5. The van der Waals surface area contributed by atoms with E-state index in [0.29, 0.717) is 18.4 Å². The molecule has 0 saturated carbocycles. The molecular formula is C27H36N2O2. The van der Waals surface area contributed by atoms with Gasteiger partial charge in [0.1, 0.15) is 5.75 Å². The van der Waals surface area contributed by atoms with Crippen LogP contribution in [0.1, 0.15) is 43.7 Å². The van der Waals surface area contributed by atoms with Crippen molar-refractivity contribution in [1.82, 2.24) is 9.80 Å². The molecule has 4 nitrogen and oxygen atoms in total. The number of likely N-dealkylation sites (tertiary alicyclic amines) is 2. The van der Waals surface area contributed by atoms with Gasteiger partial charge in [0.15, 0.2) is 0 Å². The van der Waals surface area contributed by atoms with Crippen molar-refractivity contribution in [3.63, 3.8) is 0 Å². The van der Waals surface area contributed by atoms with Crippen LogP contribution in [0, 0.1) is 11.8 Å². The van der Waals surface area contributed by atoms with E-state index in [-0.39, 0.29) is 5.92 Å². The van der Waals surface area contributed by atoms with Gasteiger partial charge in [0.25, 0.3) is 0 Å². The second-order valence-electron chi connectivity index (χ2n) is 9.11. The van der Waals surface area contributed by atoms with Crippen molar-refractivity contribution < 1.29 is 9.53 Å². The minimum Gasteiger partial charge on any atom is -0.494 e. The zero-order valence-electron chi connectivity index (χ0n) is 18.8. The number of hydrogen-bond acceptors (Lipinski definition) is 3. The van der Waals surface area contributed by atoms with Gasteiger partial charge in [-0.25, -0.2) is 0 Å². The molecule has 4 heteroatoms. The predicted molar refractivity (Wildman–Crippen MR) is 125 cm³/mol. The standard InChI is InChI=1S/C27H36N2O2/c1-2-31-26-12-10-24(11-13-26)20-28-16-6-9-25(21-28)27(30)29-17-14-23(15-18-29)19-22-7-4-3-5-8-22/h3-5,7-8,10-13,23,25H,2,6,9,14-21H2,1H3. The number of benzene rings is 2. The number of piperidine rings is 2. The summed E-state index contributed by atoms with van der Waals surface area (Å²) in [5.41, 5.74) is 2.71. The molecule has 2 aliphatic heterocycles. The molecule has 0 aromatic heterocycles. The summed E-state index contributed by atoms with van der Waals surface area (Å²) in [5, 5.41) is 0. The molecule has 1 atom stereocenters. The maximum absolute atomic E-state index is 13.2. The number of hydrogen-bond donors (Lipinski definition) is 0. The molecule has 0 N–H and O–H groups in total. The summed E-state index contributed by atoms with van der Waals surface area (Å²) >= 11 is 0. The summed E-state index contributed by atoms with van der Waals surface area (Å²) in [4.78, 5) is 17.8. The van der Waals surface area contributed by atoms with Gasteiger partial charge in [-0.3, -0.25) is 9.69 Å². The number of ether oxygens (including phenoxy) is 1. The number of nitrogens with zero attached hydrogens (tertiary/aromatic N) is 2. The lowest BCUT2D eigenvalue weighted by Crippen LogP contribution is -2.47.